The lowest BCUT2D eigenvalue weighted by molar-refractivity contribution is -0.156. The van der Waals surface area contributed by atoms with Gasteiger partial charge in [0.05, 0.1) is 4.47 Å². The van der Waals surface area contributed by atoms with Crippen LogP contribution in [0.2, 0.25) is 0 Å². The van der Waals surface area contributed by atoms with Gasteiger partial charge >= 0.3 is 5.97 Å². The van der Waals surface area contributed by atoms with E-state index in [9.17, 15) is 14.0 Å². The smallest absolute Gasteiger partial charge is 0.344 e. The average Bonchev–Trinajstić information content (AvgIpc) is 2.43. The second-order valence-electron chi connectivity index (χ2n) is 4.03. The molecule has 0 aliphatic heterocycles. The van der Waals surface area contributed by atoms with E-state index in [0.29, 0.717) is 16.8 Å². The van der Waals surface area contributed by atoms with E-state index in [1.54, 1.807) is 0 Å². The number of amides is 1. The van der Waals surface area contributed by atoms with Crippen LogP contribution >= 0.6 is 15.9 Å². The van der Waals surface area contributed by atoms with Crippen molar-refractivity contribution in [3.8, 4) is 5.75 Å². The van der Waals surface area contributed by atoms with Gasteiger partial charge in [0.1, 0.15) is 11.6 Å². The van der Waals surface area contributed by atoms with Gasteiger partial charge in [0.25, 0.3) is 5.91 Å². The van der Waals surface area contributed by atoms with Crippen molar-refractivity contribution in [3.63, 3.8) is 0 Å². The molecule has 0 heterocycles. The lowest BCUT2D eigenvalue weighted by Crippen LogP contribution is -2.36. The molecule has 1 atom stereocenters. The molecular weight excluding hydrogens is 345 g/mol. The van der Waals surface area contributed by atoms with Crippen LogP contribution in [-0.4, -0.2) is 31.1 Å². The van der Waals surface area contributed by atoms with Gasteiger partial charge < -0.3 is 14.8 Å². The predicted octanol–water partition coefficient (Wildman–Crippen LogP) is 2.20. The summed E-state index contributed by atoms with van der Waals surface area (Å²) in [6.45, 7) is 4.81. The number of carbonyl (C=O) groups is 2. The number of ether oxygens (including phenoxy) is 2. The van der Waals surface area contributed by atoms with Crippen molar-refractivity contribution < 1.29 is 23.5 Å². The van der Waals surface area contributed by atoms with Crippen LogP contribution in [0.1, 0.15) is 6.92 Å². The van der Waals surface area contributed by atoms with E-state index in [0.717, 1.165) is 0 Å². The lowest BCUT2D eigenvalue weighted by atomic mass is 10.3. The number of benzene rings is 1. The van der Waals surface area contributed by atoms with Gasteiger partial charge in [-0.1, -0.05) is 6.08 Å². The zero-order valence-electron chi connectivity index (χ0n) is 11.4. The van der Waals surface area contributed by atoms with Crippen LogP contribution in [0, 0.1) is 5.82 Å². The van der Waals surface area contributed by atoms with Crippen LogP contribution < -0.4 is 10.1 Å². The molecule has 0 radical (unpaired) electrons. The number of hydrogen-bond acceptors (Lipinski definition) is 4. The Labute approximate surface area is 130 Å². The van der Waals surface area contributed by atoms with Gasteiger partial charge in [-0.2, -0.15) is 0 Å². The third-order valence-electron chi connectivity index (χ3n) is 2.34. The molecule has 1 amide bonds. The molecule has 0 unspecified atom stereocenters. The van der Waals surface area contributed by atoms with Crippen molar-refractivity contribution in [1.82, 2.24) is 5.32 Å². The zero-order chi connectivity index (χ0) is 15.8. The molecule has 1 rings (SSSR count). The van der Waals surface area contributed by atoms with Gasteiger partial charge in [-0.15, -0.1) is 6.58 Å². The molecule has 0 saturated carbocycles. The monoisotopic (exact) mass is 359 g/mol. The maximum absolute atomic E-state index is 12.9. The van der Waals surface area contributed by atoms with Crippen LogP contribution in [-0.2, 0) is 14.3 Å². The van der Waals surface area contributed by atoms with E-state index in [-0.39, 0.29) is 6.61 Å². The predicted molar refractivity (Wildman–Crippen MR) is 78.4 cm³/mol. The molecule has 1 aromatic carbocycles. The summed E-state index contributed by atoms with van der Waals surface area (Å²) < 4.78 is 23.3. The summed E-state index contributed by atoms with van der Waals surface area (Å²) in [7, 11) is 0. The van der Waals surface area contributed by atoms with Crippen molar-refractivity contribution in [1.29, 1.82) is 0 Å². The van der Waals surface area contributed by atoms with Crippen molar-refractivity contribution in [2.45, 2.75) is 13.0 Å². The highest BCUT2D eigenvalue weighted by molar-refractivity contribution is 9.10. The molecule has 114 valence electrons. The molecule has 0 spiro atoms. The summed E-state index contributed by atoms with van der Waals surface area (Å²) in [4.78, 5) is 23.0. The Morgan fingerprint density at radius 3 is 2.86 bits per heavy atom. The Morgan fingerprint density at radius 2 is 2.24 bits per heavy atom. The Kier molecular flexibility index (Phi) is 6.87. The van der Waals surface area contributed by atoms with Crippen LogP contribution in [0.25, 0.3) is 0 Å². The third-order valence-corrected chi connectivity index (χ3v) is 2.96. The highest BCUT2D eigenvalue weighted by atomic mass is 79.9. The van der Waals surface area contributed by atoms with Crippen molar-refractivity contribution >= 4 is 27.8 Å². The van der Waals surface area contributed by atoms with E-state index < -0.39 is 23.8 Å². The van der Waals surface area contributed by atoms with Crippen molar-refractivity contribution in [2.75, 3.05) is 13.2 Å². The molecule has 1 aromatic rings. The van der Waals surface area contributed by atoms with Crippen LogP contribution in [0.5, 0.6) is 5.75 Å². The fraction of sp³-hybridized carbons (Fsp3) is 0.286. The summed E-state index contributed by atoms with van der Waals surface area (Å²) in [6, 6.07) is 3.80. The van der Waals surface area contributed by atoms with E-state index in [4.69, 9.17) is 9.47 Å². The summed E-state index contributed by atoms with van der Waals surface area (Å²) in [5.74, 6) is -1.25. The Balaban J connectivity index is 2.43. The first kappa shape index (κ1) is 17.2. The maximum atomic E-state index is 12.9. The Bertz CT molecular complexity index is 536. The molecule has 0 bridgehead atoms. The van der Waals surface area contributed by atoms with Gasteiger partial charge in [0.15, 0.2) is 12.7 Å². The molecule has 5 nitrogen and oxygen atoms in total. The van der Waals surface area contributed by atoms with E-state index >= 15 is 0 Å². The van der Waals surface area contributed by atoms with Gasteiger partial charge in [-0.3, -0.25) is 4.79 Å². The molecule has 0 aliphatic rings. The van der Waals surface area contributed by atoms with Crippen LogP contribution in [0.3, 0.4) is 0 Å². The number of halogens is 2. The van der Waals surface area contributed by atoms with Crippen molar-refractivity contribution in [2.24, 2.45) is 0 Å². The van der Waals surface area contributed by atoms with Crippen LogP contribution in [0.4, 0.5) is 4.39 Å². The summed E-state index contributed by atoms with van der Waals surface area (Å²) in [5, 5.41) is 2.50. The average molecular weight is 360 g/mol. The summed E-state index contributed by atoms with van der Waals surface area (Å²) >= 11 is 3.11. The normalized spacial score (nSPS) is 11.4. The molecular formula is C14H15BrFNO4. The van der Waals surface area contributed by atoms with Gasteiger partial charge in [-0.25, -0.2) is 9.18 Å². The minimum atomic E-state index is -0.933. The molecule has 21 heavy (non-hydrogen) atoms. The number of hydrogen-bond donors (Lipinski definition) is 1. The molecule has 0 fully saturated rings. The minimum absolute atomic E-state index is 0.291. The highest BCUT2D eigenvalue weighted by Crippen LogP contribution is 2.25. The molecule has 1 N–H and O–H groups in total. The van der Waals surface area contributed by atoms with E-state index in [2.05, 4.69) is 27.8 Å². The highest BCUT2D eigenvalue weighted by Gasteiger charge is 2.17. The maximum Gasteiger partial charge on any atom is 0.344 e. The fourth-order valence-corrected chi connectivity index (χ4v) is 1.80. The largest absolute Gasteiger partial charge is 0.481 e. The van der Waals surface area contributed by atoms with Gasteiger partial charge in [-0.05, 0) is 41.1 Å². The summed E-state index contributed by atoms with van der Waals surface area (Å²) in [6.07, 6.45) is 0.583. The Hall–Kier alpha value is -1.89. The first-order valence-corrected chi connectivity index (χ1v) is 6.89. The van der Waals surface area contributed by atoms with E-state index in [1.807, 2.05) is 0 Å². The number of nitrogens with one attached hydrogen (secondary N) is 1. The SMILES string of the molecule is C=CCNC(=O)[C@H](C)OC(=O)COc1ccc(F)cc1Br. The summed E-state index contributed by atoms with van der Waals surface area (Å²) in [5.41, 5.74) is 0. The molecule has 0 aromatic heterocycles. The lowest BCUT2D eigenvalue weighted by Gasteiger charge is -2.13. The van der Waals surface area contributed by atoms with Crippen molar-refractivity contribution in [3.05, 3.63) is 41.1 Å². The first-order chi connectivity index (χ1) is 9.93. The third kappa shape index (κ3) is 5.95. The number of esters is 1. The van der Waals surface area contributed by atoms with Gasteiger partial charge in [0, 0.05) is 6.54 Å². The van der Waals surface area contributed by atoms with Gasteiger partial charge in [0.2, 0.25) is 0 Å². The second-order valence-corrected chi connectivity index (χ2v) is 4.88. The number of rotatable bonds is 7. The number of carbonyl (C=O) groups excluding carboxylic acids is 2. The topological polar surface area (TPSA) is 64.6 Å². The molecule has 7 heteroatoms. The minimum Gasteiger partial charge on any atom is -0.481 e. The standard InChI is InChI=1S/C14H15BrFNO4/c1-3-6-17-14(19)9(2)21-13(18)8-20-12-5-4-10(16)7-11(12)15/h3-5,7,9H,1,6,8H2,2H3,(H,17,19)/t9-/m0/s1. The van der Waals surface area contributed by atoms with E-state index in [1.165, 1.54) is 31.2 Å². The fourth-order valence-electron chi connectivity index (χ4n) is 1.33. The zero-order valence-corrected chi connectivity index (χ0v) is 13.0. The molecule has 0 saturated heterocycles. The quantitative estimate of drug-likeness (QED) is 0.598. The van der Waals surface area contributed by atoms with Crippen LogP contribution in [0.15, 0.2) is 35.3 Å². The Morgan fingerprint density at radius 1 is 1.52 bits per heavy atom. The first-order valence-electron chi connectivity index (χ1n) is 6.10. The second kappa shape index (κ2) is 8.41. The molecule has 0 aliphatic carbocycles.